The Hall–Kier alpha value is -1.57. The van der Waals surface area contributed by atoms with Gasteiger partial charge in [-0.2, -0.15) is 0 Å². The minimum Gasteiger partial charge on any atom is -0.545 e. The molecule has 1 rings (SSSR count). The lowest BCUT2D eigenvalue weighted by molar-refractivity contribution is -0.299. The van der Waals surface area contributed by atoms with Gasteiger partial charge in [0, 0.05) is 0 Å². The van der Waals surface area contributed by atoms with Gasteiger partial charge in [-0.25, -0.2) is 0 Å². The monoisotopic (exact) mass is 175 g/mol. The summed E-state index contributed by atoms with van der Waals surface area (Å²) in [5.74, 6) is -1.12. The summed E-state index contributed by atoms with van der Waals surface area (Å²) in [6, 6.07) is 7.61. The summed E-state index contributed by atoms with van der Waals surface area (Å²) >= 11 is 0. The van der Waals surface area contributed by atoms with E-state index in [1.54, 1.807) is 6.08 Å². The van der Waals surface area contributed by atoms with Crippen molar-refractivity contribution in [3.63, 3.8) is 0 Å². The SMILES string of the molecule is C/C(=C\c1ccccc1C)C(=O)[O-]. The Morgan fingerprint density at radius 1 is 1.38 bits per heavy atom. The van der Waals surface area contributed by atoms with Crippen LogP contribution >= 0.6 is 0 Å². The first kappa shape index (κ1) is 9.52. The predicted molar refractivity (Wildman–Crippen MR) is 49.8 cm³/mol. The number of carboxylic acids is 1. The van der Waals surface area contributed by atoms with Crippen LogP contribution in [0.15, 0.2) is 29.8 Å². The Morgan fingerprint density at radius 2 is 2.00 bits per heavy atom. The smallest absolute Gasteiger partial charge is 0.0672 e. The molecule has 1 aromatic carbocycles. The largest absolute Gasteiger partial charge is 0.545 e. The summed E-state index contributed by atoms with van der Waals surface area (Å²) in [6.07, 6.45) is 1.62. The van der Waals surface area contributed by atoms with Crippen molar-refractivity contribution in [2.45, 2.75) is 13.8 Å². The first-order valence-corrected chi connectivity index (χ1v) is 4.06. The maximum atomic E-state index is 10.4. The predicted octanol–water partition coefficient (Wildman–Crippen LogP) is 1.15. The molecule has 0 amide bonds. The van der Waals surface area contributed by atoms with Gasteiger partial charge in [-0.15, -0.1) is 0 Å². The molecule has 0 aromatic heterocycles. The molecule has 0 N–H and O–H groups in total. The van der Waals surface area contributed by atoms with Crippen LogP contribution in [0.3, 0.4) is 0 Å². The minimum absolute atomic E-state index is 0.245. The Kier molecular flexibility index (Phi) is 2.85. The highest BCUT2D eigenvalue weighted by molar-refractivity contribution is 5.90. The van der Waals surface area contributed by atoms with Crippen LogP contribution < -0.4 is 5.11 Å². The van der Waals surface area contributed by atoms with Crippen LogP contribution in [0.4, 0.5) is 0 Å². The quantitative estimate of drug-likeness (QED) is 0.632. The van der Waals surface area contributed by atoms with Gasteiger partial charge in [0.2, 0.25) is 0 Å². The number of aliphatic carboxylic acids is 1. The average molecular weight is 175 g/mol. The molecule has 0 fully saturated rings. The number of rotatable bonds is 2. The van der Waals surface area contributed by atoms with Gasteiger partial charge in [0.25, 0.3) is 0 Å². The van der Waals surface area contributed by atoms with E-state index in [1.807, 2.05) is 31.2 Å². The highest BCUT2D eigenvalue weighted by Crippen LogP contribution is 2.11. The van der Waals surface area contributed by atoms with Crippen molar-refractivity contribution >= 4 is 12.0 Å². The van der Waals surface area contributed by atoms with Gasteiger partial charge in [-0.05, 0) is 36.6 Å². The fourth-order valence-electron chi connectivity index (χ4n) is 1.04. The molecule has 0 aliphatic heterocycles. The fourth-order valence-corrected chi connectivity index (χ4v) is 1.04. The molecule has 0 aliphatic carbocycles. The number of hydrogen-bond donors (Lipinski definition) is 0. The van der Waals surface area contributed by atoms with E-state index in [0.29, 0.717) is 0 Å². The van der Waals surface area contributed by atoms with Crippen molar-refractivity contribution in [1.29, 1.82) is 0 Å². The molecule has 1 aromatic rings. The summed E-state index contributed by atoms with van der Waals surface area (Å²) in [5.41, 5.74) is 2.22. The van der Waals surface area contributed by atoms with E-state index < -0.39 is 5.97 Å². The molecule has 0 heterocycles. The zero-order chi connectivity index (χ0) is 9.84. The molecule has 0 atom stereocenters. The Balaban J connectivity index is 3.04. The molecular formula is C11H11O2-. The molecule has 68 valence electrons. The number of aryl methyl sites for hydroxylation is 1. The van der Waals surface area contributed by atoms with E-state index in [4.69, 9.17) is 0 Å². The number of benzene rings is 1. The summed E-state index contributed by atoms with van der Waals surface area (Å²) in [6.45, 7) is 3.47. The van der Waals surface area contributed by atoms with Crippen molar-refractivity contribution in [2.75, 3.05) is 0 Å². The van der Waals surface area contributed by atoms with Gasteiger partial charge >= 0.3 is 0 Å². The van der Waals surface area contributed by atoms with E-state index in [0.717, 1.165) is 11.1 Å². The third kappa shape index (κ3) is 2.44. The van der Waals surface area contributed by atoms with Crippen molar-refractivity contribution in [1.82, 2.24) is 0 Å². The topological polar surface area (TPSA) is 40.1 Å². The molecule has 0 radical (unpaired) electrons. The van der Waals surface area contributed by atoms with Crippen LogP contribution in [0.2, 0.25) is 0 Å². The third-order valence-corrected chi connectivity index (χ3v) is 1.88. The number of hydrogen-bond acceptors (Lipinski definition) is 2. The summed E-state index contributed by atoms with van der Waals surface area (Å²) in [5, 5.41) is 10.4. The van der Waals surface area contributed by atoms with Gasteiger partial charge in [0.15, 0.2) is 0 Å². The first-order chi connectivity index (χ1) is 6.11. The molecule has 0 unspecified atom stereocenters. The lowest BCUT2D eigenvalue weighted by Crippen LogP contribution is -2.22. The van der Waals surface area contributed by atoms with Crippen LogP contribution in [0.5, 0.6) is 0 Å². The molecule has 2 nitrogen and oxygen atoms in total. The number of carbonyl (C=O) groups excluding carboxylic acids is 1. The third-order valence-electron chi connectivity index (χ3n) is 1.88. The molecule has 0 bridgehead atoms. The number of carboxylic acid groups (broad SMARTS) is 1. The second-order valence-electron chi connectivity index (χ2n) is 2.97. The van der Waals surface area contributed by atoms with Crippen LogP contribution in [-0.2, 0) is 4.79 Å². The first-order valence-electron chi connectivity index (χ1n) is 4.06. The van der Waals surface area contributed by atoms with Gasteiger partial charge in [0.1, 0.15) is 0 Å². The van der Waals surface area contributed by atoms with Crippen LogP contribution in [-0.4, -0.2) is 5.97 Å². The Morgan fingerprint density at radius 3 is 2.54 bits per heavy atom. The summed E-state index contributed by atoms with van der Waals surface area (Å²) < 4.78 is 0. The van der Waals surface area contributed by atoms with Crippen molar-refractivity contribution in [3.05, 3.63) is 41.0 Å². The van der Waals surface area contributed by atoms with Crippen molar-refractivity contribution in [3.8, 4) is 0 Å². The zero-order valence-corrected chi connectivity index (χ0v) is 7.70. The lowest BCUT2D eigenvalue weighted by Gasteiger charge is -2.03. The van der Waals surface area contributed by atoms with E-state index in [-0.39, 0.29) is 5.57 Å². The standard InChI is InChI=1S/C11H12O2/c1-8-5-3-4-6-10(8)7-9(2)11(12)13/h3-7H,1-2H3,(H,12,13)/p-1/b9-7+. The molecular weight excluding hydrogens is 164 g/mol. The zero-order valence-electron chi connectivity index (χ0n) is 7.70. The van der Waals surface area contributed by atoms with Crippen molar-refractivity contribution in [2.24, 2.45) is 0 Å². The van der Waals surface area contributed by atoms with Gasteiger partial charge in [0.05, 0.1) is 5.97 Å². The summed E-state index contributed by atoms with van der Waals surface area (Å²) in [7, 11) is 0. The maximum Gasteiger partial charge on any atom is 0.0672 e. The van der Waals surface area contributed by atoms with E-state index >= 15 is 0 Å². The molecule has 0 spiro atoms. The number of carbonyl (C=O) groups is 1. The van der Waals surface area contributed by atoms with Gasteiger partial charge < -0.3 is 9.90 Å². The van der Waals surface area contributed by atoms with Gasteiger partial charge in [-0.3, -0.25) is 0 Å². The van der Waals surface area contributed by atoms with Crippen LogP contribution in [0.25, 0.3) is 6.08 Å². The van der Waals surface area contributed by atoms with E-state index in [1.165, 1.54) is 6.92 Å². The molecule has 13 heavy (non-hydrogen) atoms. The van der Waals surface area contributed by atoms with Crippen molar-refractivity contribution < 1.29 is 9.90 Å². The molecule has 2 heteroatoms. The Labute approximate surface area is 77.5 Å². The summed E-state index contributed by atoms with van der Waals surface area (Å²) in [4.78, 5) is 10.4. The second kappa shape index (κ2) is 3.90. The van der Waals surface area contributed by atoms with Crippen LogP contribution in [0.1, 0.15) is 18.1 Å². The molecule has 0 saturated carbocycles. The van der Waals surface area contributed by atoms with E-state index in [2.05, 4.69) is 0 Å². The molecule has 0 aliphatic rings. The fraction of sp³-hybridized carbons (Fsp3) is 0.182. The normalized spacial score (nSPS) is 11.4. The maximum absolute atomic E-state index is 10.4. The molecule has 0 saturated heterocycles. The minimum atomic E-state index is -1.12. The van der Waals surface area contributed by atoms with Crippen LogP contribution in [0, 0.1) is 6.92 Å². The van der Waals surface area contributed by atoms with E-state index in [9.17, 15) is 9.90 Å². The average Bonchev–Trinajstić information content (AvgIpc) is 2.08. The second-order valence-corrected chi connectivity index (χ2v) is 2.97. The Bertz CT molecular complexity index is 351. The highest BCUT2D eigenvalue weighted by atomic mass is 16.4. The highest BCUT2D eigenvalue weighted by Gasteiger charge is 1.94. The van der Waals surface area contributed by atoms with Gasteiger partial charge in [-0.1, -0.05) is 24.3 Å². The lowest BCUT2D eigenvalue weighted by atomic mass is 10.1.